The quantitative estimate of drug-likeness (QED) is 0.889. The molecule has 0 unspecified atom stereocenters. The molecule has 1 aromatic heterocycles. The third kappa shape index (κ3) is 2.40. The molecular formula is C12H6F3N3. The number of anilines is 2. The molecule has 0 fully saturated rings. The molecule has 0 saturated carbocycles. The van der Waals surface area contributed by atoms with Gasteiger partial charge in [-0.1, -0.05) is 0 Å². The number of nitrogens with zero attached hydrogens (tertiary/aromatic N) is 2. The molecule has 0 aliphatic rings. The first kappa shape index (κ1) is 11.9. The Hall–Kier alpha value is -2.55. The summed E-state index contributed by atoms with van der Waals surface area (Å²) in [6.45, 7) is 0. The van der Waals surface area contributed by atoms with Gasteiger partial charge in [0, 0.05) is 18.3 Å². The number of nitrogens with one attached hydrogen (secondary N) is 1. The highest BCUT2D eigenvalue weighted by molar-refractivity contribution is 5.58. The van der Waals surface area contributed by atoms with Crippen LogP contribution >= 0.6 is 0 Å². The SMILES string of the molecule is N#Cc1ccnc(Nc2c(F)cc(F)cc2F)c1. The van der Waals surface area contributed by atoms with Gasteiger partial charge in [-0.25, -0.2) is 18.2 Å². The van der Waals surface area contributed by atoms with Gasteiger partial charge in [0.2, 0.25) is 0 Å². The van der Waals surface area contributed by atoms with Crippen LogP contribution < -0.4 is 5.32 Å². The van der Waals surface area contributed by atoms with Crippen LogP contribution in [0.25, 0.3) is 0 Å². The van der Waals surface area contributed by atoms with Gasteiger partial charge in [-0.15, -0.1) is 0 Å². The lowest BCUT2D eigenvalue weighted by Gasteiger charge is -2.08. The smallest absolute Gasteiger partial charge is 0.152 e. The van der Waals surface area contributed by atoms with Crippen LogP contribution in [0.2, 0.25) is 0 Å². The Morgan fingerprint density at radius 2 is 1.78 bits per heavy atom. The third-order valence-electron chi connectivity index (χ3n) is 2.15. The Balaban J connectivity index is 2.37. The maximum absolute atomic E-state index is 13.3. The lowest BCUT2D eigenvalue weighted by molar-refractivity contribution is 0.549. The van der Waals surface area contributed by atoms with Crippen LogP contribution in [-0.4, -0.2) is 4.98 Å². The summed E-state index contributed by atoms with van der Waals surface area (Å²) < 4.78 is 39.4. The predicted molar refractivity (Wildman–Crippen MR) is 58.6 cm³/mol. The summed E-state index contributed by atoms with van der Waals surface area (Å²) >= 11 is 0. The number of hydrogen-bond acceptors (Lipinski definition) is 3. The zero-order valence-corrected chi connectivity index (χ0v) is 8.92. The second-order valence-corrected chi connectivity index (χ2v) is 3.41. The van der Waals surface area contributed by atoms with Crippen LogP contribution in [0.3, 0.4) is 0 Å². The number of nitriles is 1. The molecule has 0 aliphatic carbocycles. The maximum atomic E-state index is 13.3. The molecule has 0 radical (unpaired) electrons. The molecule has 0 saturated heterocycles. The number of hydrogen-bond donors (Lipinski definition) is 1. The normalized spacial score (nSPS) is 9.89. The molecular weight excluding hydrogens is 243 g/mol. The van der Waals surface area contributed by atoms with Crippen molar-refractivity contribution in [3.8, 4) is 6.07 Å². The Morgan fingerprint density at radius 3 is 2.39 bits per heavy atom. The first-order chi connectivity index (χ1) is 8.60. The van der Waals surface area contributed by atoms with Gasteiger partial charge < -0.3 is 5.32 Å². The first-order valence-electron chi connectivity index (χ1n) is 4.88. The second-order valence-electron chi connectivity index (χ2n) is 3.41. The summed E-state index contributed by atoms with van der Waals surface area (Å²) in [5.41, 5.74) is -0.227. The zero-order chi connectivity index (χ0) is 13.1. The van der Waals surface area contributed by atoms with Crippen LogP contribution in [0.1, 0.15) is 5.56 Å². The molecule has 18 heavy (non-hydrogen) atoms. The number of rotatable bonds is 2. The third-order valence-corrected chi connectivity index (χ3v) is 2.15. The summed E-state index contributed by atoms with van der Waals surface area (Å²) in [4.78, 5) is 3.80. The Morgan fingerprint density at radius 1 is 1.11 bits per heavy atom. The molecule has 0 spiro atoms. The minimum absolute atomic E-state index is 0.0958. The van der Waals surface area contributed by atoms with Crippen LogP contribution in [0.4, 0.5) is 24.7 Å². The zero-order valence-electron chi connectivity index (χ0n) is 8.92. The van der Waals surface area contributed by atoms with Gasteiger partial charge in [-0.3, -0.25) is 0 Å². The summed E-state index contributed by atoms with van der Waals surface area (Å²) in [5, 5.41) is 11.0. The summed E-state index contributed by atoms with van der Waals surface area (Å²) in [6.07, 6.45) is 1.32. The Labute approximate surface area is 101 Å². The topological polar surface area (TPSA) is 48.7 Å². The molecule has 0 atom stereocenters. The molecule has 1 N–H and O–H groups in total. The molecule has 0 aliphatic heterocycles. The average molecular weight is 249 g/mol. The van der Waals surface area contributed by atoms with Crippen molar-refractivity contribution in [2.45, 2.75) is 0 Å². The highest BCUT2D eigenvalue weighted by Crippen LogP contribution is 2.23. The lowest BCUT2D eigenvalue weighted by Crippen LogP contribution is -2.00. The van der Waals surface area contributed by atoms with Gasteiger partial charge in [-0.2, -0.15) is 5.26 Å². The molecule has 3 nitrogen and oxygen atoms in total. The Bertz CT molecular complexity index is 612. The van der Waals surface area contributed by atoms with Crippen LogP contribution in [0.15, 0.2) is 30.5 Å². The van der Waals surface area contributed by atoms with E-state index >= 15 is 0 Å². The van der Waals surface area contributed by atoms with Gasteiger partial charge in [0.05, 0.1) is 11.6 Å². The van der Waals surface area contributed by atoms with Gasteiger partial charge in [0.15, 0.2) is 11.6 Å². The van der Waals surface area contributed by atoms with Gasteiger partial charge >= 0.3 is 0 Å². The fourth-order valence-corrected chi connectivity index (χ4v) is 1.36. The number of halogens is 3. The van der Waals surface area contributed by atoms with E-state index in [-0.39, 0.29) is 11.4 Å². The second kappa shape index (κ2) is 4.75. The number of pyridine rings is 1. The summed E-state index contributed by atoms with van der Waals surface area (Å²) in [7, 11) is 0. The molecule has 2 rings (SSSR count). The van der Waals surface area contributed by atoms with E-state index in [1.54, 1.807) is 0 Å². The van der Waals surface area contributed by atoms with Crippen molar-refractivity contribution in [1.82, 2.24) is 4.98 Å². The summed E-state index contributed by atoms with van der Waals surface area (Å²) in [6, 6.07) is 5.74. The van der Waals surface area contributed by atoms with Gasteiger partial charge in [-0.05, 0) is 12.1 Å². The van der Waals surface area contributed by atoms with E-state index in [1.807, 2.05) is 6.07 Å². The van der Waals surface area contributed by atoms with Crippen LogP contribution in [-0.2, 0) is 0 Å². The van der Waals surface area contributed by atoms with E-state index < -0.39 is 23.1 Å². The molecule has 6 heteroatoms. The van der Waals surface area contributed by atoms with Crippen molar-refractivity contribution in [3.05, 3.63) is 53.5 Å². The molecule has 1 aromatic carbocycles. The van der Waals surface area contributed by atoms with Crippen molar-refractivity contribution in [2.24, 2.45) is 0 Å². The molecule has 0 bridgehead atoms. The van der Waals surface area contributed by atoms with Gasteiger partial charge in [0.1, 0.15) is 17.3 Å². The highest BCUT2D eigenvalue weighted by Gasteiger charge is 2.12. The molecule has 90 valence electrons. The minimum Gasteiger partial charge on any atom is -0.335 e. The standard InChI is InChI=1S/C12H6F3N3/c13-8-4-9(14)12(10(15)5-8)18-11-3-7(6-16)1-2-17-11/h1-5H,(H,17,18). The predicted octanol–water partition coefficient (Wildman–Crippen LogP) is 3.11. The van der Waals surface area contributed by atoms with E-state index in [0.29, 0.717) is 12.1 Å². The van der Waals surface area contributed by atoms with Crippen molar-refractivity contribution >= 4 is 11.5 Å². The average Bonchev–Trinajstić information content (AvgIpc) is 2.34. The van der Waals surface area contributed by atoms with Crippen LogP contribution in [0.5, 0.6) is 0 Å². The number of aromatic nitrogens is 1. The fraction of sp³-hybridized carbons (Fsp3) is 0. The van der Waals surface area contributed by atoms with Crippen molar-refractivity contribution in [1.29, 1.82) is 5.26 Å². The van der Waals surface area contributed by atoms with Crippen molar-refractivity contribution < 1.29 is 13.2 Å². The highest BCUT2D eigenvalue weighted by atomic mass is 19.1. The van der Waals surface area contributed by atoms with E-state index in [9.17, 15) is 13.2 Å². The molecule has 1 heterocycles. The van der Waals surface area contributed by atoms with Crippen molar-refractivity contribution in [3.63, 3.8) is 0 Å². The minimum atomic E-state index is -1.07. The van der Waals surface area contributed by atoms with E-state index in [0.717, 1.165) is 0 Å². The van der Waals surface area contributed by atoms with Crippen molar-refractivity contribution in [2.75, 3.05) is 5.32 Å². The fourth-order valence-electron chi connectivity index (χ4n) is 1.36. The molecule has 2 aromatic rings. The first-order valence-corrected chi connectivity index (χ1v) is 4.88. The lowest BCUT2D eigenvalue weighted by atomic mass is 10.2. The Kier molecular flexibility index (Phi) is 3.15. The van der Waals surface area contributed by atoms with E-state index in [4.69, 9.17) is 5.26 Å². The number of benzene rings is 1. The summed E-state index contributed by atoms with van der Waals surface area (Å²) in [5.74, 6) is -3.05. The monoisotopic (exact) mass is 249 g/mol. The molecule has 0 amide bonds. The maximum Gasteiger partial charge on any atom is 0.152 e. The van der Waals surface area contributed by atoms with Crippen LogP contribution in [0, 0.1) is 28.8 Å². The largest absolute Gasteiger partial charge is 0.335 e. The van der Waals surface area contributed by atoms with Gasteiger partial charge in [0.25, 0.3) is 0 Å². The van der Waals surface area contributed by atoms with E-state index in [2.05, 4.69) is 10.3 Å². The van der Waals surface area contributed by atoms with E-state index in [1.165, 1.54) is 18.3 Å².